The van der Waals surface area contributed by atoms with Gasteiger partial charge in [-0.3, -0.25) is 28.8 Å². The Balaban J connectivity index is 1.92. The smallest absolute Gasteiger partial charge is 0.330 e. The van der Waals surface area contributed by atoms with Gasteiger partial charge in [-0.25, -0.2) is 4.79 Å². The van der Waals surface area contributed by atoms with Crippen molar-refractivity contribution in [3.8, 4) is 23.0 Å². The lowest BCUT2D eigenvalue weighted by Gasteiger charge is -2.25. The highest BCUT2D eigenvalue weighted by atomic mass is 16.6. The third kappa shape index (κ3) is 27.3. The monoisotopic (exact) mass is 1290 g/mol. The Kier molecular flexibility index (Phi) is 35.1. The molecule has 93 heavy (non-hydrogen) atoms. The molecule has 510 valence electrons. The molecule has 4 aromatic carbocycles. The molecule has 0 unspecified atom stereocenters. The Morgan fingerprint density at radius 1 is 0.323 bits per heavy atom. The van der Waals surface area contributed by atoms with Crippen molar-refractivity contribution in [2.24, 2.45) is 0 Å². The van der Waals surface area contributed by atoms with Gasteiger partial charge in [0.1, 0.15) is 95.1 Å². The Morgan fingerprint density at radius 2 is 0.548 bits per heavy atom. The summed E-state index contributed by atoms with van der Waals surface area (Å²) in [5.74, 6) is -2.69. The molecule has 0 radical (unpaired) electrons. The van der Waals surface area contributed by atoms with Crippen LogP contribution in [0.4, 0.5) is 0 Å². The van der Waals surface area contributed by atoms with Gasteiger partial charge in [-0.1, -0.05) is 160 Å². The zero-order chi connectivity index (χ0) is 67.2. The van der Waals surface area contributed by atoms with E-state index in [1.807, 2.05) is 0 Å². The van der Waals surface area contributed by atoms with Crippen LogP contribution >= 0.6 is 0 Å². The summed E-state index contributed by atoms with van der Waals surface area (Å²) < 4.78 is 64.2. The molecular formula is C75H102O18. The number of rotatable bonds is 43. The number of carbonyl (C=O) groups is 7. The summed E-state index contributed by atoms with van der Waals surface area (Å²) in [5, 5.41) is 0. The Labute approximate surface area is 551 Å². The highest BCUT2D eigenvalue weighted by Crippen LogP contribution is 2.42. The molecule has 0 fully saturated rings. The summed E-state index contributed by atoms with van der Waals surface area (Å²) in [6.07, 6.45) is 20.3. The van der Waals surface area contributed by atoms with Crippen LogP contribution in [0.2, 0.25) is 0 Å². The minimum absolute atomic E-state index is 0.0180. The number of ether oxygens (including phenoxy) is 11. The van der Waals surface area contributed by atoms with E-state index in [-0.39, 0.29) is 52.9 Å². The Bertz CT molecular complexity index is 2900. The highest BCUT2D eigenvalue weighted by Gasteiger charge is 2.26. The second-order valence-electron chi connectivity index (χ2n) is 23.6. The first kappa shape index (κ1) is 75.8. The second-order valence-corrected chi connectivity index (χ2v) is 23.6. The maximum absolute atomic E-state index is 12.9. The number of hydrogen-bond donors (Lipinski definition) is 0. The van der Waals surface area contributed by atoms with Crippen LogP contribution in [-0.2, 0) is 118 Å². The van der Waals surface area contributed by atoms with Gasteiger partial charge < -0.3 is 52.1 Å². The van der Waals surface area contributed by atoms with Crippen molar-refractivity contribution in [1.82, 2.24) is 0 Å². The third-order valence-electron chi connectivity index (χ3n) is 16.1. The summed E-state index contributed by atoms with van der Waals surface area (Å²) in [5.41, 5.74) is 11.2. The molecule has 0 spiro atoms. The van der Waals surface area contributed by atoms with Crippen molar-refractivity contribution in [2.75, 3.05) is 74.2 Å². The molecule has 8 bridgehead atoms. The van der Waals surface area contributed by atoms with Gasteiger partial charge in [0.05, 0.1) is 21.3 Å². The van der Waals surface area contributed by atoms with Gasteiger partial charge in [0.2, 0.25) is 0 Å². The molecule has 5 rings (SSSR count). The van der Waals surface area contributed by atoms with Crippen LogP contribution in [-0.4, -0.2) is 116 Å². The normalized spacial score (nSPS) is 11.6. The fourth-order valence-corrected chi connectivity index (χ4v) is 11.5. The number of unbranched alkanes of at least 4 members (excludes halogenated alkanes) is 12. The van der Waals surface area contributed by atoms with Gasteiger partial charge in [0.15, 0.2) is 0 Å². The largest absolute Gasteiger partial charge is 0.489 e. The number of fused-ring (bicyclic) bond motifs is 8. The predicted octanol–water partition coefficient (Wildman–Crippen LogP) is 13.4. The van der Waals surface area contributed by atoms with Crippen LogP contribution in [0.5, 0.6) is 23.0 Å². The van der Waals surface area contributed by atoms with Gasteiger partial charge >= 0.3 is 41.8 Å². The fraction of sp³-hybridized carbons (Fsp3) is 0.560. The number of benzene rings is 4. The minimum Gasteiger partial charge on any atom is -0.489 e. The summed E-state index contributed by atoms with van der Waals surface area (Å²) in [6.45, 7) is 11.6. The molecule has 18 heteroatoms. The van der Waals surface area contributed by atoms with E-state index in [9.17, 15) is 33.6 Å². The SMILES string of the molecule is C=CC(=O)OCCOc1c2cc(CCCCCC)cc1Cc1cc(CCCCCC)cc(c1OCCOC(=O)CC(=O)OC)Cc1cc(CCCCCC)cc(c1OCCOC(=O)CC(=O)OC)Cc1cc(CCCCCC)cc(c1OCCOC(=O)CC(=O)OC)C2. The number of methoxy groups -OCH3 is 3. The first-order valence-corrected chi connectivity index (χ1v) is 33.7. The van der Waals surface area contributed by atoms with Gasteiger partial charge in [0.25, 0.3) is 0 Å². The maximum atomic E-state index is 12.9. The molecule has 0 N–H and O–H groups in total. The molecule has 1 aliphatic carbocycles. The average molecular weight is 1290 g/mol. The predicted molar refractivity (Wildman–Crippen MR) is 354 cm³/mol. The zero-order valence-corrected chi connectivity index (χ0v) is 56.5. The average Bonchev–Trinajstić information content (AvgIpc) is 0.798. The van der Waals surface area contributed by atoms with Crippen LogP contribution in [0.25, 0.3) is 0 Å². The molecule has 0 aromatic heterocycles. The number of hydrogen-bond acceptors (Lipinski definition) is 18. The van der Waals surface area contributed by atoms with E-state index in [1.165, 1.54) is 21.3 Å². The minimum atomic E-state index is -0.755. The van der Waals surface area contributed by atoms with Crippen molar-refractivity contribution >= 4 is 41.8 Å². The van der Waals surface area contributed by atoms with Crippen LogP contribution < -0.4 is 18.9 Å². The van der Waals surface area contributed by atoms with Gasteiger partial charge in [-0.2, -0.15) is 0 Å². The van der Waals surface area contributed by atoms with Crippen LogP contribution in [0.15, 0.2) is 61.2 Å². The lowest BCUT2D eigenvalue weighted by atomic mass is 9.87. The van der Waals surface area contributed by atoms with E-state index in [0.29, 0.717) is 48.7 Å². The maximum Gasteiger partial charge on any atom is 0.330 e. The molecule has 0 aliphatic heterocycles. The van der Waals surface area contributed by atoms with E-state index in [4.69, 9.17) is 52.1 Å². The quantitative estimate of drug-likeness (QED) is 0.0116. The van der Waals surface area contributed by atoms with Crippen molar-refractivity contribution < 1.29 is 85.7 Å². The van der Waals surface area contributed by atoms with Crippen LogP contribution in [0, 0.1) is 0 Å². The first-order valence-electron chi connectivity index (χ1n) is 33.7. The second kappa shape index (κ2) is 43.1. The molecule has 0 amide bonds. The summed E-state index contributed by atoms with van der Waals surface area (Å²) in [4.78, 5) is 87.5. The van der Waals surface area contributed by atoms with Crippen molar-refractivity contribution in [3.05, 3.63) is 128 Å². The number of esters is 7. The lowest BCUT2D eigenvalue weighted by Crippen LogP contribution is -2.18. The number of aryl methyl sites for hydroxylation is 4. The topological polar surface area (TPSA) is 221 Å². The van der Waals surface area contributed by atoms with Gasteiger partial charge in [-0.15, -0.1) is 0 Å². The van der Waals surface area contributed by atoms with E-state index in [0.717, 1.165) is 201 Å². The standard InChI is InChI=1S/C75H102O18/c1-9-14-18-22-26-53-38-57-46-59-40-54(27-23-19-15-10-2)42-61(73(59)91-35-31-87-69(80)50-66(77)83-6)48-63-44-56(29-25-21-17-12-4)45-64(75(63)93-37-33-89-71(82)52-68(79)85-8)49-62-43-55(28-24-20-16-11-3)41-60(74(62)92-36-32-88-70(81)51-67(78)84-7)47-58(39-53)72(57)90-34-30-86-65(76)13-5/h13,38-45H,5,9-12,14-37,46-52H2,1-4,6-8H3. The Hall–Kier alpha value is -7.89. The summed E-state index contributed by atoms with van der Waals surface area (Å²) in [6, 6.07) is 17.6. The molecule has 0 atom stereocenters. The number of carbonyl (C=O) groups excluding carboxylic acids is 7. The van der Waals surface area contributed by atoms with Crippen LogP contribution in [0.1, 0.15) is 216 Å². The third-order valence-corrected chi connectivity index (χ3v) is 16.1. The van der Waals surface area contributed by atoms with E-state index in [2.05, 4.69) is 82.8 Å². The summed E-state index contributed by atoms with van der Waals surface area (Å²) in [7, 11) is 3.63. The van der Waals surface area contributed by atoms with Gasteiger partial charge in [-0.05, 0) is 118 Å². The molecule has 0 heterocycles. The van der Waals surface area contributed by atoms with Crippen molar-refractivity contribution in [2.45, 2.75) is 201 Å². The van der Waals surface area contributed by atoms with Crippen molar-refractivity contribution in [1.29, 1.82) is 0 Å². The zero-order valence-electron chi connectivity index (χ0n) is 56.5. The summed E-state index contributed by atoms with van der Waals surface area (Å²) >= 11 is 0. The highest BCUT2D eigenvalue weighted by molar-refractivity contribution is 5.92. The molecular weight excluding hydrogens is 1190 g/mol. The van der Waals surface area contributed by atoms with E-state index < -0.39 is 61.0 Å². The molecule has 18 nitrogen and oxygen atoms in total. The molecule has 0 saturated carbocycles. The molecule has 4 aromatic rings. The van der Waals surface area contributed by atoms with Gasteiger partial charge in [0, 0.05) is 31.8 Å². The fourth-order valence-electron chi connectivity index (χ4n) is 11.5. The van der Waals surface area contributed by atoms with Crippen molar-refractivity contribution in [3.63, 3.8) is 0 Å². The van der Waals surface area contributed by atoms with E-state index in [1.54, 1.807) is 0 Å². The molecule has 1 aliphatic rings. The van der Waals surface area contributed by atoms with E-state index >= 15 is 0 Å². The van der Waals surface area contributed by atoms with Crippen LogP contribution in [0.3, 0.4) is 0 Å². The Morgan fingerprint density at radius 3 is 0.753 bits per heavy atom. The first-order chi connectivity index (χ1) is 45.1. The lowest BCUT2D eigenvalue weighted by molar-refractivity contribution is -0.155. The molecule has 0 saturated heterocycles.